The van der Waals surface area contributed by atoms with Crippen LogP contribution in [0.15, 0.2) is 12.3 Å². The minimum atomic E-state index is -0.578. The third-order valence-electron chi connectivity index (χ3n) is 3.75. The van der Waals surface area contributed by atoms with Crippen LogP contribution in [0.5, 0.6) is 0 Å². The zero-order chi connectivity index (χ0) is 15.2. The van der Waals surface area contributed by atoms with Gasteiger partial charge in [0.05, 0.1) is 17.4 Å². The Morgan fingerprint density at radius 3 is 2.86 bits per heavy atom. The zero-order valence-corrected chi connectivity index (χ0v) is 12.2. The van der Waals surface area contributed by atoms with Crippen molar-refractivity contribution in [1.29, 1.82) is 0 Å². The maximum Gasteiger partial charge on any atom is 0.389 e. The second-order valence-corrected chi connectivity index (χ2v) is 5.50. The van der Waals surface area contributed by atoms with Crippen molar-refractivity contribution in [3.8, 4) is 0 Å². The molecule has 1 N–H and O–H groups in total. The first kappa shape index (κ1) is 15.4. The van der Waals surface area contributed by atoms with Crippen LogP contribution in [0, 0.1) is 16.0 Å². The van der Waals surface area contributed by atoms with E-state index in [0.29, 0.717) is 6.54 Å². The van der Waals surface area contributed by atoms with Gasteiger partial charge in [0.15, 0.2) is 0 Å². The Morgan fingerprint density at radius 1 is 1.52 bits per heavy atom. The third-order valence-corrected chi connectivity index (χ3v) is 3.75. The predicted molar refractivity (Wildman–Crippen MR) is 76.7 cm³/mol. The van der Waals surface area contributed by atoms with Gasteiger partial charge in [-0.25, -0.2) is 0 Å². The summed E-state index contributed by atoms with van der Waals surface area (Å²) in [5.41, 5.74) is 0. The number of hydrogen-bond acceptors (Lipinski definition) is 5. The van der Waals surface area contributed by atoms with Crippen molar-refractivity contribution in [2.75, 3.05) is 26.2 Å². The van der Waals surface area contributed by atoms with Crippen molar-refractivity contribution in [3.05, 3.63) is 22.4 Å². The Morgan fingerprint density at radius 2 is 2.24 bits per heavy atom. The summed E-state index contributed by atoms with van der Waals surface area (Å²) in [6, 6.07) is 1.28. The summed E-state index contributed by atoms with van der Waals surface area (Å²) in [4.78, 5) is 24.0. The van der Waals surface area contributed by atoms with E-state index in [-0.39, 0.29) is 18.3 Å². The Kier molecular flexibility index (Phi) is 5.26. The van der Waals surface area contributed by atoms with Crippen LogP contribution in [-0.4, -0.2) is 51.7 Å². The largest absolute Gasteiger partial charge is 0.389 e. The summed E-state index contributed by atoms with van der Waals surface area (Å²) < 4.78 is 1.27. The predicted octanol–water partition coefficient (Wildman–Crippen LogP) is 0.639. The fourth-order valence-corrected chi connectivity index (χ4v) is 2.38. The molecule has 1 aliphatic heterocycles. The second kappa shape index (κ2) is 7.16. The lowest BCUT2D eigenvalue weighted by Gasteiger charge is -2.30. The number of carbonyl (C=O) groups excluding carboxylic acids is 1. The van der Waals surface area contributed by atoms with Gasteiger partial charge in [-0.3, -0.25) is 4.79 Å². The standard InChI is InChI=1S/C13H21N5O3/c1-11-2-6-16(7-3-11)9-5-14-13(19)10-17-8-4-12(15-17)18(20)21/h4,8,11H,2-3,5-7,9-10H2,1H3,(H,14,19). The van der Waals surface area contributed by atoms with E-state index in [1.54, 1.807) is 0 Å². The topological polar surface area (TPSA) is 93.3 Å². The van der Waals surface area contributed by atoms with Gasteiger partial charge in [-0.2, -0.15) is 4.68 Å². The van der Waals surface area contributed by atoms with Crippen molar-refractivity contribution in [2.24, 2.45) is 5.92 Å². The molecule has 1 fully saturated rings. The van der Waals surface area contributed by atoms with Gasteiger partial charge in [-0.05, 0) is 36.8 Å². The molecule has 8 nitrogen and oxygen atoms in total. The summed E-state index contributed by atoms with van der Waals surface area (Å²) in [5, 5.41) is 17.0. The number of nitro groups is 1. The molecule has 2 heterocycles. The quantitative estimate of drug-likeness (QED) is 0.614. The summed E-state index contributed by atoms with van der Waals surface area (Å²) in [6.07, 6.45) is 3.86. The van der Waals surface area contributed by atoms with E-state index in [9.17, 15) is 14.9 Å². The van der Waals surface area contributed by atoms with Gasteiger partial charge in [-0.1, -0.05) is 6.92 Å². The fourth-order valence-electron chi connectivity index (χ4n) is 2.38. The molecular formula is C13H21N5O3. The van der Waals surface area contributed by atoms with Gasteiger partial charge >= 0.3 is 5.82 Å². The van der Waals surface area contributed by atoms with Crippen LogP contribution in [0.25, 0.3) is 0 Å². The molecule has 0 atom stereocenters. The Labute approximate surface area is 123 Å². The number of hydrogen-bond donors (Lipinski definition) is 1. The number of aromatic nitrogens is 2. The number of nitrogens with one attached hydrogen (secondary N) is 1. The molecule has 8 heteroatoms. The van der Waals surface area contributed by atoms with E-state index >= 15 is 0 Å². The lowest BCUT2D eigenvalue weighted by molar-refractivity contribution is -0.389. The van der Waals surface area contributed by atoms with Crippen LogP contribution in [0.2, 0.25) is 0 Å². The Hall–Kier alpha value is -1.96. The molecule has 1 aromatic heterocycles. The summed E-state index contributed by atoms with van der Waals surface area (Å²) in [6.45, 7) is 5.88. The third kappa shape index (κ3) is 4.82. The van der Waals surface area contributed by atoms with Crippen molar-refractivity contribution >= 4 is 11.7 Å². The van der Waals surface area contributed by atoms with Gasteiger partial charge in [0.1, 0.15) is 6.54 Å². The monoisotopic (exact) mass is 295 g/mol. The highest BCUT2D eigenvalue weighted by Gasteiger charge is 2.16. The molecule has 0 radical (unpaired) electrons. The smallest absolute Gasteiger partial charge is 0.358 e. The highest BCUT2D eigenvalue weighted by atomic mass is 16.6. The maximum atomic E-state index is 11.7. The Bertz CT molecular complexity index is 494. The number of rotatable bonds is 6. The van der Waals surface area contributed by atoms with Crippen LogP contribution < -0.4 is 5.32 Å². The number of piperidine rings is 1. The van der Waals surface area contributed by atoms with E-state index in [1.165, 1.54) is 29.8 Å². The summed E-state index contributed by atoms with van der Waals surface area (Å²) in [5.74, 6) is 0.370. The highest BCUT2D eigenvalue weighted by molar-refractivity contribution is 5.75. The van der Waals surface area contributed by atoms with E-state index < -0.39 is 4.92 Å². The minimum Gasteiger partial charge on any atom is -0.358 e. The SMILES string of the molecule is CC1CCN(CCNC(=O)Cn2ccc([N+](=O)[O-])n2)CC1. The van der Waals surface area contributed by atoms with Gasteiger partial charge in [-0.15, -0.1) is 0 Å². The van der Waals surface area contributed by atoms with Crippen LogP contribution in [0.3, 0.4) is 0 Å². The molecule has 2 rings (SSSR count). The van der Waals surface area contributed by atoms with Crippen LogP contribution in [-0.2, 0) is 11.3 Å². The second-order valence-electron chi connectivity index (χ2n) is 5.50. The molecule has 0 bridgehead atoms. The molecule has 116 valence electrons. The molecule has 0 spiro atoms. The molecule has 1 amide bonds. The first-order chi connectivity index (χ1) is 10.0. The molecule has 0 unspecified atom stereocenters. The molecule has 0 saturated carbocycles. The maximum absolute atomic E-state index is 11.7. The van der Waals surface area contributed by atoms with E-state index in [1.807, 2.05) is 0 Å². The van der Waals surface area contributed by atoms with Crippen molar-refractivity contribution in [3.63, 3.8) is 0 Å². The van der Waals surface area contributed by atoms with E-state index in [2.05, 4.69) is 22.2 Å². The van der Waals surface area contributed by atoms with Gasteiger partial charge in [0.25, 0.3) is 0 Å². The lowest BCUT2D eigenvalue weighted by atomic mass is 9.99. The van der Waals surface area contributed by atoms with E-state index in [0.717, 1.165) is 25.6 Å². The molecule has 0 aliphatic carbocycles. The molecule has 1 aromatic rings. The van der Waals surface area contributed by atoms with Crippen LogP contribution in [0.4, 0.5) is 5.82 Å². The molecule has 0 aromatic carbocycles. The van der Waals surface area contributed by atoms with Crippen molar-refractivity contribution in [1.82, 2.24) is 20.0 Å². The average Bonchev–Trinajstić information content (AvgIpc) is 2.90. The number of likely N-dealkylation sites (tertiary alicyclic amines) is 1. The van der Waals surface area contributed by atoms with Gasteiger partial charge in [0.2, 0.25) is 5.91 Å². The summed E-state index contributed by atoms with van der Waals surface area (Å²) in [7, 11) is 0. The molecular weight excluding hydrogens is 274 g/mol. The number of nitrogens with zero attached hydrogens (tertiary/aromatic N) is 4. The number of carbonyl (C=O) groups is 1. The normalized spacial score (nSPS) is 16.8. The average molecular weight is 295 g/mol. The lowest BCUT2D eigenvalue weighted by Crippen LogP contribution is -2.40. The van der Waals surface area contributed by atoms with Crippen molar-refractivity contribution < 1.29 is 9.72 Å². The first-order valence-corrected chi connectivity index (χ1v) is 7.21. The summed E-state index contributed by atoms with van der Waals surface area (Å²) >= 11 is 0. The van der Waals surface area contributed by atoms with E-state index in [4.69, 9.17) is 0 Å². The first-order valence-electron chi connectivity index (χ1n) is 7.21. The minimum absolute atomic E-state index is 0.00484. The van der Waals surface area contributed by atoms with Crippen LogP contribution in [0.1, 0.15) is 19.8 Å². The highest BCUT2D eigenvalue weighted by Crippen LogP contribution is 2.15. The molecule has 1 aliphatic rings. The van der Waals surface area contributed by atoms with Crippen molar-refractivity contribution in [2.45, 2.75) is 26.3 Å². The number of amides is 1. The van der Waals surface area contributed by atoms with Crippen LogP contribution >= 0.6 is 0 Å². The molecule has 21 heavy (non-hydrogen) atoms. The Balaban J connectivity index is 1.66. The van der Waals surface area contributed by atoms with Gasteiger partial charge < -0.3 is 20.3 Å². The zero-order valence-electron chi connectivity index (χ0n) is 12.2. The van der Waals surface area contributed by atoms with Gasteiger partial charge in [0, 0.05) is 13.1 Å². The fraction of sp³-hybridized carbons (Fsp3) is 0.692. The molecule has 1 saturated heterocycles.